The molecule has 1 fully saturated rings. The zero-order chi connectivity index (χ0) is 22.0. The summed E-state index contributed by atoms with van der Waals surface area (Å²) in [5.74, 6) is -0.124. The molecule has 0 radical (unpaired) electrons. The van der Waals surface area contributed by atoms with Crippen LogP contribution in [-0.2, 0) is 11.3 Å². The van der Waals surface area contributed by atoms with E-state index in [1.54, 1.807) is 41.1 Å². The van der Waals surface area contributed by atoms with Crippen molar-refractivity contribution in [2.75, 3.05) is 18.4 Å². The Balaban J connectivity index is 1.54. The molecule has 1 saturated heterocycles. The Morgan fingerprint density at radius 1 is 1.06 bits per heavy atom. The summed E-state index contributed by atoms with van der Waals surface area (Å²) in [6.45, 7) is 3.85. The van der Waals surface area contributed by atoms with Gasteiger partial charge in [0.2, 0.25) is 5.91 Å². The highest BCUT2D eigenvalue weighted by Crippen LogP contribution is 2.25. The summed E-state index contributed by atoms with van der Waals surface area (Å²) < 4.78 is 1.66. The quantitative estimate of drug-likeness (QED) is 0.627. The van der Waals surface area contributed by atoms with Gasteiger partial charge in [-0.1, -0.05) is 29.8 Å². The van der Waals surface area contributed by atoms with Crippen molar-refractivity contribution in [3.05, 3.63) is 75.2 Å². The van der Waals surface area contributed by atoms with Gasteiger partial charge in [0, 0.05) is 48.7 Å². The predicted octanol–water partition coefficient (Wildman–Crippen LogP) is 4.23. The number of aryl methyl sites for hydroxylation is 2. The van der Waals surface area contributed by atoms with E-state index >= 15 is 0 Å². The fourth-order valence-electron chi connectivity index (χ4n) is 3.99. The van der Waals surface area contributed by atoms with Gasteiger partial charge >= 0.3 is 0 Å². The number of nitrogens with zero attached hydrogens (tertiary/aromatic N) is 2. The van der Waals surface area contributed by atoms with Crippen molar-refractivity contribution in [1.29, 1.82) is 0 Å². The smallest absolute Gasteiger partial charge is 0.258 e. The van der Waals surface area contributed by atoms with Crippen molar-refractivity contribution in [1.82, 2.24) is 9.47 Å². The predicted molar refractivity (Wildman–Crippen MR) is 123 cm³/mol. The van der Waals surface area contributed by atoms with E-state index in [2.05, 4.69) is 5.32 Å². The summed E-state index contributed by atoms with van der Waals surface area (Å²) in [6.07, 6.45) is 4.00. The van der Waals surface area contributed by atoms with Crippen molar-refractivity contribution < 1.29 is 9.59 Å². The highest BCUT2D eigenvalue weighted by atomic mass is 35.5. The molecule has 0 saturated carbocycles. The molecule has 1 aromatic heterocycles. The molecule has 4 rings (SSSR count). The Morgan fingerprint density at radius 3 is 2.65 bits per heavy atom. The van der Waals surface area contributed by atoms with E-state index in [4.69, 9.17) is 11.6 Å². The third-order valence-electron chi connectivity index (χ3n) is 5.70. The van der Waals surface area contributed by atoms with Gasteiger partial charge in [0.15, 0.2) is 0 Å². The second-order valence-corrected chi connectivity index (χ2v) is 8.19. The second-order valence-electron chi connectivity index (χ2n) is 7.81. The maximum atomic E-state index is 13.0. The zero-order valence-corrected chi connectivity index (χ0v) is 18.1. The molecule has 0 atom stereocenters. The van der Waals surface area contributed by atoms with Crippen molar-refractivity contribution in [2.45, 2.75) is 32.7 Å². The lowest BCUT2D eigenvalue weighted by Crippen LogP contribution is -2.28. The van der Waals surface area contributed by atoms with E-state index in [0.29, 0.717) is 46.6 Å². The standard InChI is InChI=1S/C24H24ClN3O3/c1-16-6-2-8-19(22(16)25)23(30)26-20-9-3-7-18-17(20)11-15-28(24(18)31)14-5-13-27-12-4-10-21(27)29/h2-3,6-9,11,15H,4-5,10,12-14H2,1H3,(H,26,30). The van der Waals surface area contributed by atoms with Gasteiger partial charge in [-0.3, -0.25) is 14.4 Å². The van der Waals surface area contributed by atoms with Crippen LogP contribution in [0.3, 0.4) is 0 Å². The lowest BCUT2D eigenvalue weighted by Gasteiger charge is -2.16. The van der Waals surface area contributed by atoms with Crippen LogP contribution in [0.5, 0.6) is 0 Å². The van der Waals surface area contributed by atoms with Gasteiger partial charge in [0.1, 0.15) is 0 Å². The Hall–Kier alpha value is -3.12. The molecule has 1 aliphatic rings. The summed E-state index contributed by atoms with van der Waals surface area (Å²) in [6, 6.07) is 12.4. The molecule has 6 nitrogen and oxygen atoms in total. The number of nitrogens with one attached hydrogen (secondary N) is 1. The normalized spacial score (nSPS) is 13.7. The van der Waals surface area contributed by atoms with Crippen LogP contribution in [0.2, 0.25) is 5.02 Å². The number of anilines is 1. The van der Waals surface area contributed by atoms with Crippen molar-refractivity contribution in [2.24, 2.45) is 0 Å². The average molecular weight is 438 g/mol. The van der Waals surface area contributed by atoms with Gasteiger partial charge in [-0.15, -0.1) is 0 Å². The number of halogens is 1. The van der Waals surface area contributed by atoms with Crippen LogP contribution in [0.25, 0.3) is 10.8 Å². The van der Waals surface area contributed by atoms with Gasteiger partial charge < -0.3 is 14.8 Å². The maximum absolute atomic E-state index is 13.0. The van der Waals surface area contributed by atoms with E-state index in [1.165, 1.54) is 0 Å². The Bertz CT molecular complexity index is 1220. The van der Waals surface area contributed by atoms with E-state index < -0.39 is 0 Å². The van der Waals surface area contributed by atoms with Crippen LogP contribution in [0.15, 0.2) is 53.5 Å². The maximum Gasteiger partial charge on any atom is 0.258 e. The van der Waals surface area contributed by atoms with Gasteiger partial charge in [-0.2, -0.15) is 0 Å². The van der Waals surface area contributed by atoms with Gasteiger partial charge in [-0.05, 0) is 49.6 Å². The molecular weight excluding hydrogens is 414 g/mol. The third-order valence-corrected chi connectivity index (χ3v) is 6.20. The molecule has 0 spiro atoms. The van der Waals surface area contributed by atoms with E-state index in [-0.39, 0.29) is 17.4 Å². The van der Waals surface area contributed by atoms with Crippen LogP contribution in [0, 0.1) is 6.92 Å². The highest BCUT2D eigenvalue weighted by Gasteiger charge is 2.19. The topological polar surface area (TPSA) is 71.4 Å². The molecule has 2 heterocycles. The first-order chi connectivity index (χ1) is 15.0. The van der Waals surface area contributed by atoms with Gasteiger partial charge in [0.25, 0.3) is 11.5 Å². The second kappa shape index (κ2) is 8.94. The third kappa shape index (κ3) is 4.35. The molecule has 1 N–H and O–H groups in total. The Morgan fingerprint density at radius 2 is 1.87 bits per heavy atom. The number of aromatic nitrogens is 1. The number of fused-ring (bicyclic) bond motifs is 1. The molecule has 7 heteroatoms. The van der Waals surface area contributed by atoms with Crippen molar-refractivity contribution >= 4 is 39.9 Å². The van der Waals surface area contributed by atoms with E-state index in [0.717, 1.165) is 24.9 Å². The van der Waals surface area contributed by atoms with Crippen LogP contribution in [-0.4, -0.2) is 34.4 Å². The number of hydrogen-bond acceptors (Lipinski definition) is 3. The first-order valence-electron chi connectivity index (χ1n) is 10.4. The molecule has 31 heavy (non-hydrogen) atoms. The number of rotatable bonds is 6. The molecule has 0 unspecified atom stereocenters. The Kier molecular flexibility index (Phi) is 6.09. The molecule has 0 aliphatic carbocycles. The monoisotopic (exact) mass is 437 g/mol. The summed E-state index contributed by atoms with van der Waals surface area (Å²) in [4.78, 5) is 39.3. The number of carbonyl (C=O) groups is 2. The number of pyridine rings is 1. The fourth-order valence-corrected chi connectivity index (χ4v) is 4.20. The van der Waals surface area contributed by atoms with Gasteiger partial charge in [0.05, 0.1) is 10.6 Å². The van der Waals surface area contributed by atoms with Crippen molar-refractivity contribution in [3.8, 4) is 0 Å². The molecule has 3 aromatic rings. The summed E-state index contributed by atoms with van der Waals surface area (Å²) in [5.41, 5.74) is 1.66. The number of hydrogen-bond donors (Lipinski definition) is 1. The van der Waals surface area contributed by atoms with Crippen LogP contribution in [0.1, 0.15) is 35.2 Å². The molecule has 2 aromatic carbocycles. The van der Waals surface area contributed by atoms with Crippen molar-refractivity contribution in [3.63, 3.8) is 0 Å². The molecule has 1 aliphatic heterocycles. The lowest BCUT2D eigenvalue weighted by molar-refractivity contribution is -0.127. The fraction of sp³-hybridized carbons (Fsp3) is 0.292. The minimum atomic E-state index is -0.319. The summed E-state index contributed by atoms with van der Waals surface area (Å²) in [7, 11) is 0. The van der Waals surface area contributed by atoms with Crippen LogP contribution >= 0.6 is 11.6 Å². The molecular formula is C24H24ClN3O3. The molecule has 160 valence electrons. The van der Waals surface area contributed by atoms with E-state index in [9.17, 15) is 14.4 Å². The number of benzene rings is 2. The first kappa shape index (κ1) is 21.1. The first-order valence-corrected chi connectivity index (χ1v) is 10.8. The number of likely N-dealkylation sites (tertiary alicyclic amines) is 1. The Labute approximate surface area is 185 Å². The van der Waals surface area contributed by atoms with Gasteiger partial charge in [-0.25, -0.2) is 0 Å². The SMILES string of the molecule is Cc1cccc(C(=O)Nc2cccc3c(=O)n(CCCN4CCCC4=O)ccc23)c1Cl. The minimum Gasteiger partial charge on any atom is -0.343 e. The van der Waals surface area contributed by atoms with Crippen LogP contribution in [0.4, 0.5) is 5.69 Å². The minimum absolute atomic E-state index is 0.116. The lowest BCUT2D eigenvalue weighted by atomic mass is 10.1. The zero-order valence-electron chi connectivity index (χ0n) is 17.4. The molecule has 2 amide bonds. The van der Waals surface area contributed by atoms with Crippen LogP contribution < -0.4 is 10.9 Å². The average Bonchev–Trinajstić information content (AvgIpc) is 3.16. The summed E-state index contributed by atoms with van der Waals surface area (Å²) >= 11 is 6.28. The van der Waals surface area contributed by atoms with E-state index in [1.807, 2.05) is 24.0 Å². The molecule has 0 bridgehead atoms. The summed E-state index contributed by atoms with van der Waals surface area (Å²) in [5, 5.41) is 4.51. The number of carbonyl (C=O) groups excluding carboxylic acids is 2. The largest absolute Gasteiger partial charge is 0.343 e. The highest BCUT2D eigenvalue weighted by molar-refractivity contribution is 6.35. The number of amides is 2.